The highest BCUT2D eigenvalue weighted by atomic mass is 16.6. The molecule has 0 radical (unpaired) electrons. The summed E-state index contributed by atoms with van der Waals surface area (Å²) < 4.78 is 12.2. The van der Waals surface area contributed by atoms with Crippen LogP contribution in [-0.4, -0.2) is 20.3 Å². The summed E-state index contributed by atoms with van der Waals surface area (Å²) in [5.74, 6) is 0. The van der Waals surface area contributed by atoms with Crippen LogP contribution in [0.25, 0.3) is 76.1 Å². The van der Waals surface area contributed by atoms with E-state index < -0.39 is 0 Å². The van der Waals surface area contributed by atoms with Crippen LogP contribution >= 0.6 is 0 Å². The summed E-state index contributed by atoms with van der Waals surface area (Å²) in [6.07, 6.45) is 0. The Kier molecular flexibility index (Phi) is 5.62. The molecule has 0 amide bonds. The van der Waals surface area contributed by atoms with E-state index in [0.29, 0.717) is 13.2 Å². The fraction of sp³-hybridized carbons (Fsp3) is 0.0500. The van der Waals surface area contributed by atoms with Crippen LogP contribution in [0.4, 0.5) is 0 Å². The van der Waals surface area contributed by atoms with Crippen molar-refractivity contribution in [1.82, 2.24) is 0 Å². The second-order valence-electron chi connectivity index (χ2n) is 11.3. The third-order valence-electron chi connectivity index (χ3n) is 9.07. The van der Waals surface area contributed by atoms with E-state index in [1.165, 1.54) is 76.1 Å². The first-order chi connectivity index (χ1) is 21.4. The second kappa shape index (κ2) is 9.81. The molecule has 9 rings (SSSR count). The van der Waals surface area contributed by atoms with E-state index in [1.807, 2.05) is 0 Å². The minimum Gasteiger partial charge on any atom is -0.405 e. The van der Waals surface area contributed by atoms with E-state index in [1.54, 1.807) is 0 Å². The van der Waals surface area contributed by atoms with Crippen LogP contribution in [0.1, 0.15) is 0 Å². The van der Waals surface area contributed by atoms with Crippen LogP contribution in [0, 0.1) is 0 Å². The van der Waals surface area contributed by atoms with Gasteiger partial charge in [0.15, 0.2) is 0 Å². The first-order valence-electron chi connectivity index (χ1n) is 15.0. The number of rotatable bonds is 3. The zero-order valence-corrected chi connectivity index (χ0v) is 23.6. The molecule has 1 fully saturated rings. The average Bonchev–Trinajstić information content (AvgIpc) is 3.61. The van der Waals surface area contributed by atoms with Gasteiger partial charge in [-0.3, -0.25) is 0 Å². The van der Waals surface area contributed by atoms with Crippen LogP contribution in [0.15, 0.2) is 140 Å². The van der Waals surface area contributed by atoms with Crippen molar-refractivity contribution >= 4 is 66.4 Å². The third kappa shape index (κ3) is 3.69. The lowest BCUT2D eigenvalue weighted by atomic mass is 9.71. The quantitative estimate of drug-likeness (QED) is 0.161. The molecule has 2 nitrogen and oxygen atoms in total. The maximum Gasteiger partial charge on any atom is 0.495 e. The van der Waals surface area contributed by atoms with E-state index >= 15 is 0 Å². The monoisotopic (exact) mass is 550 g/mol. The van der Waals surface area contributed by atoms with Gasteiger partial charge in [0.2, 0.25) is 0 Å². The van der Waals surface area contributed by atoms with E-state index in [-0.39, 0.29) is 7.12 Å². The van der Waals surface area contributed by atoms with Gasteiger partial charge in [0, 0.05) is 0 Å². The van der Waals surface area contributed by atoms with Crippen LogP contribution in [0.3, 0.4) is 0 Å². The van der Waals surface area contributed by atoms with Gasteiger partial charge in [-0.2, -0.15) is 0 Å². The molecule has 1 saturated heterocycles. The van der Waals surface area contributed by atoms with Gasteiger partial charge < -0.3 is 9.31 Å². The zero-order chi connectivity index (χ0) is 28.3. The van der Waals surface area contributed by atoms with Gasteiger partial charge in [-0.1, -0.05) is 140 Å². The molecular formula is C40H27BO2. The Morgan fingerprint density at radius 1 is 0.349 bits per heavy atom. The molecule has 1 aliphatic rings. The van der Waals surface area contributed by atoms with E-state index in [9.17, 15) is 0 Å². The first-order valence-corrected chi connectivity index (χ1v) is 15.0. The van der Waals surface area contributed by atoms with Crippen LogP contribution in [0.2, 0.25) is 0 Å². The van der Waals surface area contributed by atoms with E-state index in [0.717, 1.165) is 5.46 Å². The summed E-state index contributed by atoms with van der Waals surface area (Å²) in [6.45, 7) is 1.22. The van der Waals surface area contributed by atoms with Crippen molar-refractivity contribution in [3.05, 3.63) is 140 Å². The standard InChI is InChI=1S/C40H27BO2/c1-2-14-27-26(12-1)13-11-23-28(27)37-29-15-3-5-17-31(29)38(32-18-6-4-16-30(32)37)39-33-19-7-9-21-35(33)40(41-42-24-25-43-41)36-22-10-8-20-34(36)39/h1-23H,24-25H2. The molecule has 0 unspecified atom stereocenters. The fourth-order valence-corrected chi connectivity index (χ4v) is 7.34. The summed E-state index contributed by atoms with van der Waals surface area (Å²) in [5.41, 5.74) is 6.18. The van der Waals surface area contributed by atoms with Gasteiger partial charge in [0.25, 0.3) is 0 Å². The average molecular weight is 550 g/mol. The van der Waals surface area contributed by atoms with Crippen molar-refractivity contribution in [1.29, 1.82) is 0 Å². The van der Waals surface area contributed by atoms with Crippen molar-refractivity contribution in [3.63, 3.8) is 0 Å². The number of hydrogen-bond donors (Lipinski definition) is 0. The molecule has 43 heavy (non-hydrogen) atoms. The molecule has 8 aromatic carbocycles. The van der Waals surface area contributed by atoms with Gasteiger partial charge in [-0.15, -0.1) is 0 Å². The van der Waals surface area contributed by atoms with Gasteiger partial charge in [-0.05, 0) is 81.6 Å². The molecule has 3 heteroatoms. The molecule has 0 spiro atoms. The van der Waals surface area contributed by atoms with Crippen molar-refractivity contribution < 1.29 is 9.31 Å². The van der Waals surface area contributed by atoms with Crippen LogP contribution < -0.4 is 5.46 Å². The summed E-state index contributed by atoms with van der Waals surface area (Å²) in [4.78, 5) is 0. The maximum absolute atomic E-state index is 6.12. The van der Waals surface area contributed by atoms with Crippen molar-refractivity contribution in [2.24, 2.45) is 0 Å². The predicted octanol–water partition coefficient (Wildman–Crippen LogP) is 9.53. The lowest BCUT2D eigenvalue weighted by molar-refractivity contribution is 0.365. The molecule has 202 valence electrons. The van der Waals surface area contributed by atoms with Crippen molar-refractivity contribution in [2.75, 3.05) is 13.2 Å². The van der Waals surface area contributed by atoms with E-state index in [4.69, 9.17) is 9.31 Å². The van der Waals surface area contributed by atoms with Gasteiger partial charge in [0.1, 0.15) is 0 Å². The Bertz CT molecular complexity index is 2250. The lowest BCUT2D eigenvalue weighted by Gasteiger charge is -2.22. The maximum atomic E-state index is 6.12. The van der Waals surface area contributed by atoms with Crippen molar-refractivity contribution in [3.8, 4) is 22.3 Å². The van der Waals surface area contributed by atoms with Crippen LogP contribution in [0.5, 0.6) is 0 Å². The highest BCUT2D eigenvalue weighted by molar-refractivity contribution is 6.68. The minimum atomic E-state index is -0.369. The van der Waals surface area contributed by atoms with Gasteiger partial charge in [0.05, 0.1) is 13.2 Å². The molecule has 1 heterocycles. The molecule has 0 aromatic heterocycles. The minimum absolute atomic E-state index is 0.369. The summed E-state index contributed by atoms with van der Waals surface area (Å²) in [7, 11) is -0.369. The Hall–Kier alpha value is -4.96. The largest absolute Gasteiger partial charge is 0.495 e. The summed E-state index contributed by atoms with van der Waals surface area (Å²) in [5, 5.41) is 12.3. The van der Waals surface area contributed by atoms with Gasteiger partial charge in [-0.25, -0.2) is 0 Å². The Labute approximate surface area is 250 Å². The molecule has 0 aliphatic carbocycles. The molecule has 0 bridgehead atoms. The highest BCUT2D eigenvalue weighted by Gasteiger charge is 2.32. The summed E-state index contributed by atoms with van der Waals surface area (Å²) >= 11 is 0. The van der Waals surface area contributed by atoms with Crippen molar-refractivity contribution in [2.45, 2.75) is 0 Å². The topological polar surface area (TPSA) is 18.5 Å². The Morgan fingerprint density at radius 2 is 0.721 bits per heavy atom. The molecular weight excluding hydrogens is 523 g/mol. The highest BCUT2D eigenvalue weighted by Crippen LogP contribution is 2.48. The number of hydrogen-bond acceptors (Lipinski definition) is 2. The second-order valence-corrected chi connectivity index (χ2v) is 11.3. The SMILES string of the molecule is c1ccc2c(-c3c4ccccc4c(-c4c5ccccc5c(B5OCCO5)c5ccccc45)c4ccccc34)cccc2c1. The van der Waals surface area contributed by atoms with Crippen LogP contribution in [-0.2, 0) is 9.31 Å². The normalized spacial score (nSPS) is 13.6. The van der Waals surface area contributed by atoms with Gasteiger partial charge >= 0.3 is 7.12 Å². The summed E-state index contributed by atoms with van der Waals surface area (Å²) in [6, 6.07) is 50.8. The van der Waals surface area contributed by atoms with E-state index in [2.05, 4.69) is 140 Å². The fourth-order valence-electron chi connectivity index (χ4n) is 7.34. The molecule has 0 saturated carbocycles. The number of benzene rings is 8. The first kappa shape index (κ1) is 24.6. The molecule has 0 N–H and O–H groups in total. The molecule has 8 aromatic rings. The zero-order valence-electron chi connectivity index (χ0n) is 23.6. The lowest BCUT2D eigenvalue weighted by Crippen LogP contribution is -2.33. The Balaban J connectivity index is 1.49. The molecule has 1 aliphatic heterocycles. The Morgan fingerprint density at radius 3 is 1.23 bits per heavy atom. The molecule has 0 atom stereocenters. The third-order valence-corrected chi connectivity index (χ3v) is 9.07. The smallest absolute Gasteiger partial charge is 0.405 e. The predicted molar refractivity (Wildman–Crippen MR) is 182 cm³/mol. The number of fused-ring (bicyclic) bond motifs is 5.